The largest absolute Gasteiger partial charge is 0.356 e. The second kappa shape index (κ2) is 4.74. The van der Waals surface area contributed by atoms with Gasteiger partial charge in [0, 0.05) is 18.2 Å². The molecule has 110 valence electrons. The van der Waals surface area contributed by atoms with E-state index in [0.29, 0.717) is 29.1 Å². The Hall–Kier alpha value is -2.54. The van der Waals surface area contributed by atoms with Crippen LogP contribution in [0.2, 0.25) is 0 Å². The Morgan fingerprint density at radius 3 is 3.14 bits per heavy atom. The first-order chi connectivity index (χ1) is 10.7. The Labute approximate surface area is 129 Å². The van der Waals surface area contributed by atoms with Gasteiger partial charge >= 0.3 is 0 Å². The number of aryl methyl sites for hydroxylation is 1. The first kappa shape index (κ1) is 13.1. The van der Waals surface area contributed by atoms with Gasteiger partial charge in [-0.2, -0.15) is 5.26 Å². The number of carbonyl (C=O) groups excluding carboxylic acids is 1. The lowest BCUT2D eigenvalue weighted by Crippen LogP contribution is -2.27. The molecule has 2 aliphatic rings. The average Bonchev–Trinajstić information content (AvgIpc) is 2.89. The maximum atomic E-state index is 12.1. The number of nitrogens with one attached hydrogen (secondary N) is 2. The minimum absolute atomic E-state index is 0.130. The fraction of sp³-hybridized carbons (Fsp3) is 0.333. The predicted octanol–water partition coefficient (Wildman–Crippen LogP) is 2.52. The van der Waals surface area contributed by atoms with Gasteiger partial charge in [0.05, 0.1) is 5.56 Å². The predicted molar refractivity (Wildman–Crippen MR) is 82.4 cm³/mol. The third kappa shape index (κ3) is 1.93. The highest BCUT2D eigenvalue weighted by atomic mass is 16.1. The van der Waals surface area contributed by atoms with E-state index in [1.54, 1.807) is 12.3 Å². The lowest BCUT2D eigenvalue weighted by Gasteiger charge is -2.12. The third-order valence-electron chi connectivity index (χ3n) is 5.19. The van der Waals surface area contributed by atoms with Crippen LogP contribution in [0.1, 0.15) is 40.0 Å². The number of amides is 1. The maximum absolute atomic E-state index is 12.1. The van der Waals surface area contributed by atoms with Crippen LogP contribution in [-0.2, 0) is 11.8 Å². The monoisotopic (exact) mass is 291 g/mol. The first-order valence-electron chi connectivity index (χ1n) is 7.68. The summed E-state index contributed by atoms with van der Waals surface area (Å²) in [7, 11) is 0. The normalized spacial score (nSPS) is 24.8. The molecule has 4 heteroatoms. The fourth-order valence-electron chi connectivity index (χ4n) is 3.90. The van der Waals surface area contributed by atoms with E-state index in [1.807, 2.05) is 6.07 Å². The molecule has 2 atom stereocenters. The van der Waals surface area contributed by atoms with Crippen LogP contribution in [0.4, 0.5) is 0 Å². The van der Waals surface area contributed by atoms with Gasteiger partial charge < -0.3 is 10.3 Å². The van der Waals surface area contributed by atoms with Crippen LogP contribution < -0.4 is 5.32 Å². The number of fused-ring (bicyclic) bond motifs is 2. The van der Waals surface area contributed by atoms with Crippen molar-refractivity contribution in [2.75, 3.05) is 6.54 Å². The van der Waals surface area contributed by atoms with Gasteiger partial charge in [-0.25, -0.2) is 0 Å². The van der Waals surface area contributed by atoms with Crippen molar-refractivity contribution >= 4 is 5.91 Å². The summed E-state index contributed by atoms with van der Waals surface area (Å²) in [6.07, 6.45) is 5.08. The molecule has 1 amide bonds. The second-order valence-corrected chi connectivity index (χ2v) is 6.34. The molecule has 0 radical (unpaired) electrons. The highest BCUT2D eigenvalue weighted by molar-refractivity contribution is 5.92. The van der Waals surface area contributed by atoms with Crippen LogP contribution in [0.5, 0.6) is 0 Å². The van der Waals surface area contributed by atoms with Crippen LogP contribution in [0.15, 0.2) is 36.5 Å². The number of hydrogen-bond acceptors (Lipinski definition) is 2. The SMILES string of the molecule is N#Cc1c[nH]c(C(=O)NC[C@@H]2C[C@]23CCc2ccccc23)c1. The highest BCUT2D eigenvalue weighted by Gasteiger charge is 2.57. The number of H-pyrrole nitrogens is 1. The molecular weight excluding hydrogens is 274 g/mol. The molecular formula is C18H17N3O. The van der Waals surface area contributed by atoms with E-state index in [4.69, 9.17) is 5.26 Å². The molecule has 1 spiro atoms. The van der Waals surface area contributed by atoms with Crippen molar-refractivity contribution in [3.8, 4) is 6.07 Å². The van der Waals surface area contributed by atoms with Crippen molar-refractivity contribution in [2.45, 2.75) is 24.7 Å². The molecule has 2 aliphatic carbocycles. The van der Waals surface area contributed by atoms with Crippen LogP contribution in [-0.4, -0.2) is 17.4 Å². The molecule has 22 heavy (non-hydrogen) atoms. The smallest absolute Gasteiger partial charge is 0.267 e. The van der Waals surface area contributed by atoms with Crippen LogP contribution in [0.3, 0.4) is 0 Å². The number of benzene rings is 1. The van der Waals surface area contributed by atoms with Gasteiger partial charge in [-0.3, -0.25) is 4.79 Å². The van der Waals surface area contributed by atoms with Crippen molar-refractivity contribution < 1.29 is 4.79 Å². The van der Waals surface area contributed by atoms with Crippen molar-refractivity contribution in [2.24, 2.45) is 5.92 Å². The van der Waals surface area contributed by atoms with Gasteiger partial charge in [0.2, 0.25) is 0 Å². The van der Waals surface area contributed by atoms with Crippen molar-refractivity contribution in [3.63, 3.8) is 0 Å². The number of aromatic amines is 1. The molecule has 1 aromatic carbocycles. The molecule has 1 heterocycles. The summed E-state index contributed by atoms with van der Waals surface area (Å²) >= 11 is 0. The number of nitrogens with zero attached hydrogens (tertiary/aromatic N) is 1. The third-order valence-corrected chi connectivity index (χ3v) is 5.19. The molecule has 4 nitrogen and oxygen atoms in total. The molecule has 2 N–H and O–H groups in total. The summed E-state index contributed by atoms with van der Waals surface area (Å²) < 4.78 is 0. The zero-order chi connectivity index (χ0) is 15.2. The quantitative estimate of drug-likeness (QED) is 0.912. The van der Waals surface area contributed by atoms with E-state index >= 15 is 0 Å². The molecule has 1 aromatic heterocycles. The minimum atomic E-state index is -0.130. The summed E-state index contributed by atoms with van der Waals surface area (Å²) in [5, 5.41) is 11.8. The lowest BCUT2D eigenvalue weighted by atomic mass is 9.95. The maximum Gasteiger partial charge on any atom is 0.267 e. The van der Waals surface area contributed by atoms with Gasteiger partial charge in [-0.1, -0.05) is 24.3 Å². The Balaban J connectivity index is 1.41. The summed E-state index contributed by atoms with van der Waals surface area (Å²) in [6, 6.07) is 12.3. The summed E-state index contributed by atoms with van der Waals surface area (Å²) in [5.41, 5.74) is 4.20. The zero-order valence-electron chi connectivity index (χ0n) is 12.2. The van der Waals surface area contributed by atoms with Gasteiger partial charge in [0.15, 0.2) is 0 Å². The summed E-state index contributed by atoms with van der Waals surface area (Å²) in [6.45, 7) is 0.702. The number of nitriles is 1. The van der Waals surface area contributed by atoms with E-state index < -0.39 is 0 Å². The molecule has 1 saturated carbocycles. The van der Waals surface area contributed by atoms with Crippen molar-refractivity contribution in [1.29, 1.82) is 5.26 Å². The van der Waals surface area contributed by atoms with E-state index in [-0.39, 0.29) is 5.91 Å². The van der Waals surface area contributed by atoms with Gasteiger partial charge in [0.1, 0.15) is 11.8 Å². The Morgan fingerprint density at radius 2 is 2.32 bits per heavy atom. The Bertz CT molecular complexity index is 786. The average molecular weight is 291 g/mol. The number of carbonyl (C=O) groups is 1. The molecule has 0 unspecified atom stereocenters. The summed E-state index contributed by atoms with van der Waals surface area (Å²) in [5.74, 6) is 0.403. The Morgan fingerprint density at radius 1 is 1.45 bits per heavy atom. The fourth-order valence-corrected chi connectivity index (χ4v) is 3.90. The minimum Gasteiger partial charge on any atom is -0.356 e. The van der Waals surface area contributed by atoms with E-state index in [1.165, 1.54) is 24.0 Å². The molecule has 4 rings (SSSR count). The zero-order valence-corrected chi connectivity index (χ0v) is 12.2. The topological polar surface area (TPSA) is 68.7 Å². The molecule has 2 aromatic rings. The van der Waals surface area contributed by atoms with Crippen LogP contribution >= 0.6 is 0 Å². The van der Waals surface area contributed by atoms with Crippen LogP contribution in [0.25, 0.3) is 0 Å². The van der Waals surface area contributed by atoms with E-state index in [9.17, 15) is 4.79 Å². The molecule has 0 saturated heterocycles. The van der Waals surface area contributed by atoms with Crippen molar-refractivity contribution in [3.05, 3.63) is 58.9 Å². The van der Waals surface area contributed by atoms with Gasteiger partial charge in [-0.15, -0.1) is 0 Å². The Kier molecular flexibility index (Phi) is 2.83. The lowest BCUT2D eigenvalue weighted by molar-refractivity contribution is 0.0946. The second-order valence-electron chi connectivity index (χ2n) is 6.34. The van der Waals surface area contributed by atoms with E-state index in [2.05, 4.69) is 34.6 Å². The highest BCUT2D eigenvalue weighted by Crippen LogP contribution is 2.61. The molecule has 0 aliphatic heterocycles. The van der Waals surface area contributed by atoms with Gasteiger partial charge in [-0.05, 0) is 42.4 Å². The number of rotatable bonds is 3. The number of aromatic nitrogens is 1. The van der Waals surface area contributed by atoms with Crippen LogP contribution in [0, 0.1) is 17.2 Å². The standard InChI is InChI=1S/C18H17N3O/c19-9-12-7-16(20-10-12)17(22)21-11-14-8-18(14)6-5-13-3-1-2-4-15(13)18/h1-4,7,10,14,20H,5-6,8,11H2,(H,21,22)/t14-,18+/m0/s1. The molecule has 1 fully saturated rings. The molecule has 0 bridgehead atoms. The number of hydrogen-bond donors (Lipinski definition) is 2. The summed E-state index contributed by atoms with van der Waals surface area (Å²) in [4.78, 5) is 14.9. The van der Waals surface area contributed by atoms with E-state index in [0.717, 1.165) is 6.42 Å². The van der Waals surface area contributed by atoms with Gasteiger partial charge in [0.25, 0.3) is 5.91 Å². The van der Waals surface area contributed by atoms with Crippen molar-refractivity contribution in [1.82, 2.24) is 10.3 Å². The first-order valence-corrected chi connectivity index (χ1v) is 7.68.